The molecule has 24 heavy (non-hydrogen) atoms. The number of hydrogen-bond donors (Lipinski definition) is 1. The lowest BCUT2D eigenvalue weighted by Gasteiger charge is -2.01. The van der Waals surface area contributed by atoms with Crippen molar-refractivity contribution in [3.8, 4) is 5.69 Å². The van der Waals surface area contributed by atoms with E-state index in [-0.39, 0.29) is 21.8 Å². The maximum atomic E-state index is 13.8. The van der Waals surface area contributed by atoms with Crippen LogP contribution < -0.4 is 5.56 Å². The molecule has 0 aliphatic heterocycles. The smallest absolute Gasteiger partial charge is 0.290 e. The molecule has 0 unspecified atom stereocenters. The van der Waals surface area contributed by atoms with E-state index in [2.05, 4.69) is 10.1 Å². The molecule has 0 saturated heterocycles. The third-order valence-corrected chi connectivity index (χ3v) is 3.78. The van der Waals surface area contributed by atoms with E-state index in [9.17, 15) is 19.3 Å². The lowest BCUT2D eigenvalue weighted by molar-refractivity contribution is -0.383. The Hall–Kier alpha value is -3.55. The van der Waals surface area contributed by atoms with Gasteiger partial charge in [-0.1, -0.05) is 18.2 Å². The van der Waals surface area contributed by atoms with Crippen LogP contribution in [0.25, 0.3) is 27.5 Å². The lowest BCUT2D eigenvalue weighted by atomic mass is 10.1. The summed E-state index contributed by atoms with van der Waals surface area (Å²) in [6, 6.07) is 10.8. The molecule has 0 spiro atoms. The molecule has 0 amide bonds. The maximum absolute atomic E-state index is 13.8. The van der Waals surface area contributed by atoms with Crippen LogP contribution >= 0.6 is 0 Å². The summed E-state index contributed by atoms with van der Waals surface area (Å²) >= 11 is 0. The summed E-state index contributed by atoms with van der Waals surface area (Å²) in [4.78, 5) is 27.0. The summed E-state index contributed by atoms with van der Waals surface area (Å²) in [5.74, 6) is -0.767. The van der Waals surface area contributed by atoms with Gasteiger partial charge in [0.15, 0.2) is 5.52 Å². The van der Waals surface area contributed by atoms with Crippen molar-refractivity contribution in [1.82, 2.24) is 14.8 Å². The van der Waals surface area contributed by atoms with E-state index in [0.29, 0.717) is 11.2 Å². The molecule has 2 heterocycles. The summed E-state index contributed by atoms with van der Waals surface area (Å²) in [6.45, 7) is 0. The molecule has 4 rings (SSSR count). The Morgan fingerprint density at radius 3 is 2.62 bits per heavy atom. The van der Waals surface area contributed by atoms with E-state index in [1.165, 1.54) is 10.9 Å². The zero-order valence-corrected chi connectivity index (χ0v) is 12.1. The number of fused-ring (bicyclic) bond motifs is 3. The number of rotatable bonds is 2. The van der Waals surface area contributed by atoms with Gasteiger partial charge in [0, 0.05) is 11.6 Å². The fraction of sp³-hybridized carbons (Fsp3) is 0. The number of para-hydroxylation sites is 1. The number of halogens is 1. The molecule has 0 saturated carbocycles. The summed E-state index contributed by atoms with van der Waals surface area (Å²) in [7, 11) is 0. The number of nitrogens with one attached hydrogen (secondary N) is 1. The molecule has 1 N–H and O–H groups in total. The first-order valence-corrected chi connectivity index (χ1v) is 6.99. The van der Waals surface area contributed by atoms with Crippen molar-refractivity contribution in [2.75, 3.05) is 0 Å². The molecular weight excluding hydrogens is 315 g/mol. The number of H-pyrrole nitrogens is 1. The Bertz CT molecular complexity index is 1160. The zero-order chi connectivity index (χ0) is 16.8. The predicted octanol–water partition coefficient (Wildman–Crippen LogP) is 2.91. The SMILES string of the molecule is O=c1c2cnc3c([N+](=O)[O-])cc(F)cc3c2[nH]n1-c1ccccc1. The van der Waals surface area contributed by atoms with Gasteiger partial charge in [-0.3, -0.25) is 20.0 Å². The normalized spacial score (nSPS) is 11.2. The monoisotopic (exact) mass is 324 g/mol. The first-order chi connectivity index (χ1) is 11.6. The number of hydrogen-bond acceptors (Lipinski definition) is 4. The van der Waals surface area contributed by atoms with Crippen molar-refractivity contribution in [1.29, 1.82) is 0 Å². The van der Waals surface area contributed by atoms with Gasteiger partial charge in [-0.05, 0) is 18.2 Å². The Labute approximate surface area is 133 Å². The molecule has 7 nitrogen and oxygen atoms in total. The number of aromatic nitrogens is 3. The molecule has 4 aromatic rings. The van der Waals surface area contributed by atoms with E-state index < -0.39 is 16.4 Å². The topological polar surface area (TPSA) is 93.8 Å². The molecule has 0 aliphatic carbocycles. The molecule has 8 heteroatoms. The van der Waals surface area contributed by atoms with Crippen LogP contribution in [0.15, 0.2) is 53.5 Å². The van der Waals surface area contributed by atoms with Crippen molar-refractivity contribution in [2.24, 2.45) is 0 Å². The van der Waals surface area contributed by atoms with E-state index in [1.54, 1.807) is 24.3 Å². The molecule has 0 atom stereocenters. The number of benzene rings is 2. The van der Waals surface area contributed by atoms with E-state index >= 15 is 0 Å². The summed E-state index contributed by atoms with van der Waals surface area (Å²) < 4.78 is 15.1. The Kier molecular flexibility index (Phi) is 2.92. The number of nitro benzene ring substituents is 1. The zero-order valence-electron chi connectivity index (χ0n) is 12.1. The second-order valence-corrected chi connectivity index (χ2v) is 5.21. The van der Waals surface area contributed by atoms with Crippen molar-refractivity contribution in [2.45, 2.75) is 0 Å². The Balaban J connectivity index is 2.13. The standard InChI is InChI=1S/C16H9FN4O3/c17-9-6-11-14-12(8-18-15(11)13(7-9)21(23)24)16(22)20(19-14)10-4-2-1-3-5-10/h1-8,19H. The average molecular weight is 324 g/mol. The first kappa shape index (κ1) is 14.1. The maximum Gasteiger partial charge on any atom is 0.298 e. The number of non-ortho nitro benzene ring substituents is 1. The van der Waals surface area contributed by atoms with Crippen LogP contribution in [0.4, 0.5) is 10.1 Å². The van der Waals surface area contributed by atoms with Gasteiger partial charge in [-0.25, -0.2) is 14.1 Å². The van der Waals surface area contributed by atoms with Gasteiger partial charge in [0.25, 0.3) is 11.2 Å². The second-order valence-electron chi connectivity index (χ2n) is 5.21. The number of pyridine rings is 1. The van der Waals surface area contributed by atoms with Gasteiger partial charge in [0.1, 0.15) is 5.82 Å². The molecule has 0 bridgehead atoms. The molecule has 0 aliphatic rings. The Morgan fingerprint density at radius 2 is 1.92 bits per heavy atom. The van der Waals surface area contributed by atoms with Gasteiger partial charge >= 0.3 is 0 Å². The van der Waals surface area contributed by atoms with Gasteiger partial charge in [0.2, 0.25) is 0 Å². The van der Waals surface area contributed by atoms with Crippen LogP contribution in [0.3, 0.4) is 0 Å². The molecular formula is C16H9FN4O3. The predicted molar refractivity (Wildman–Crippen MR) is 85.8 cm³/mol. The van der Waals surface area contributed by atoms with Crippen LogP contribution in [-0.4, -0.2) is 19.7 Å². The van der Waals surface area contributed by atoms with Crippen LogP contribution in [-0.2, 0) is 0 Å². The minimum atomic E-state index is -0.767. The molecule has 118 valence electrons. The molecule has 2 aromatic heterocycles. The van der Waals surface area contributed by atoms with E-state index in [0.717, 1.165) is 12.1 Å². The lowest BCUT2D eigenvalue weighted by Crippen LogP contribution is -2.13. The fourth-order valence-corrected chi connectivity index (χ4v) is 2.71. The van der Waals surface area contributed by atoms with Crippen LogP contribution in [0.5, 0.6) is 0 Å². The highest BCUT2D eigenvalue weighted by Crippen LogP contribution is 2.29. The number of aromatic amines is 1. The van der Waals surface area contributed by atoms with Crippen LogP contribution in [0.1, 0.15) is 0 Å². The van der Waals surface area contributed by atoms with Gasteiger partial charge in [-0.15, -0.1) is 0 Å². The molecule has 0 fully saturated rings. The fourth-order valence-electron chi connectivity index (χ4n) is 2.71. The number of nitrogens with zero attached hydrogens (tertiary/aromatic N) is 3. The highest BCUT2D eigenvalue weighted by molar-refractivity contribution is 6.05. The largest absolute Gasteiger partial charge is 0.298 e. The van der Waals surface area contributed by atoms with Gasteiger partial charge in [-0.2, -0.15) is 0 Å². The minimum absolute atomic E-state index is 0.0235. The molecule has 2 aromatic carbocycles. The molecule has 0 radical (unpaired) electrons. The summed E-state index contributed by atoms with van der Waals surface area (Å²) in [5, 5.41) is 14.4. The van der Waals surface area contributed by atoms with Gasteiger partial charge in [0.05, 0.1) is 27.6 Å². The van der Waals surface area contributed by atoms with Crippen LogP contribution in [0, 0.1) is 15.9 Å². The number of nitro groups is 1. The Morgan fingerprint density at radius 1 is 1.17 bits per heavy atom. The second kappa shape index (κ2) is 4.98. The highest BCUT2D eigenvalue weighted by atomic mass is 19.1. The van der Waals surface area contributed by atoms with Gasteiger partial charge < -0.3 is 0 Å². The summed E-state index contributed by atoms with van der Waals surface area (Å²) in [6.07, 6.45) is 1.26. The first-order valence-electron chi connectivity index (χ1n) is 6.99. The highest BCUT2D eigenvalue weighted by Gasteiger charge is 2.20. The van der Waals surface area contributed by atoms with E-state index in [4.69, 9.17) is 0 Å². The third kappa shape index (κ3) is 1.97. The summed E-state index contributed by atoms with van der Waals surface area (Å²) in [5.41, 5.74) is 0.113. The van der Waals surface area contributed by atoms with Crippen molar-refractivity contribution < 1.29 is 9.31 Å². The third-order valence-electron chi connectivity index (χ3n) is 3.78. The van der Waals surface area contributed by atoms with Crippen molar-refractivity contribution in [3.63, 3.8) is 0 Å². The average Bonchev–Trinajstić information content (AvgIpc) is 2.92. The van der Waals surface area contributed by atoms with Crippen molar-refractivity contribution in [3.05, 3.63) is 74.9 Å². The minimum Gasteiger partial charge on any atom is -0.290 e. The van der Waals surface area contributed by atoms with Crippen molar-refractivity contribution >= 4 is 27.5 Å². The van der Waals surface area contributed by atoms with Crippen LogP contribution in [0.2, 0.25) is 0 Å². The quantitative estimate of drug-likeness (QED) is 0.453. The van der Waals surface area contributed by atoms with E-state index in [1.807, 2.05) is 6.07 Å².